The van der Waals surface area contributed by atoms with Gasteiger partial charge in [-0.3, -0.25) is 4.79 Å². The van der Waals surface area contributed by atoms with Gasteiger partial charge in [0.15, 0.2) is 12.4 Å². The van der Waals surface area contributed by atoms with Gasteiger partial charge in [0.2, 0.25) is 0 Å². The molecular formula is C20H24N4O2. The van der Waals surface area contributed by atoms with Crippen molar-refractivity contribution in [2.75, 3.05) is 37.7 Å². The van der Waals surface area contributed by atoms with Gasteiger partial charge in [0.1, 0.15) is 5.75 Å². The molecular weight excluding hydrogens is 328 g/mol. The Morgan fingerprint density at radius 1 is 1.08 bits per heavy atom. The molecule has 0 radical (unpaired) electrons. The maximum atomic E-state index is 12.4. The van der Waals surface area contributed by atoms with Crippen LogP contribution in [0.3, 0.4) is 0 Å². The summed E-state index contributed by atoms with van der Waals surface area (Å²) in [6.07, 6.45) is 2.47. The first-order valence-electron chi connectivity index (χ1n) is 9.25. The zero-order valence-electron chi connectivity index (χ0n) is 15.1. The van der Waals surface area contributed by atoms with Gasteiger partial charge in [-0.15, -0.1) is 5.10 Å². The van der Waals surface area contributed by atoms with E-state index in [0.29, 0.717) is 19.0 Å². The van der Waals surface area contributed by atoms with Crippen molar-refractivity contribution in [1.82, 2.24) is 15.1 Å². The zero-order valence-corrected chi connectivity index (χ0v) is 15.1. The molecule has 2 heterocycles. The highest BCUT2D eigenvalue weighted by Gasteiger charge is 2.26. The van der Waals surface area contributed by atoms with E-state index < -0.39 is 0 Å². The van der Waals surface area contributed by atoms with Crippen molar-refractivity contribution >= 4 is 11.7 Å². The molecule has 136 valence electrons. The van der Waals surface area contributed by atoms with Crippen LogP contribution >= 0.6 is 0 Å². The van der Waals surface area contributed by atoms with Gasteiger partial charge in [0, 0.05) is 32.1 Å². The summed E-state index contributed by atoms with van der Waals surface area (Å²) in [6.45, 7) is 4.97. The first-order chi connectivity index (χ1) is 12.7. The summed E-state index contributed by atoms with van der Waals surface area (Å²) in [5.41, 5.74) is 2.15. The molecule has 0 bridgehead atoms. The SMILES string of the molecule is Cc1ccccc1OCC(=O)N1CCN(c2ccc(C3CC3)nn2)CC1. The van der Waals surface area contributed by atoms with Crippen LogP contribution in [0, 0.1) is 6.92 Å². The molecule has 1 saturated carbocycles. The molecule has 2 aromatic rings. The maximum absolute atomic E-state index is 12.4. The number of hydrogen-bond donors (Lipinski definition) is 0. The van der Waals surface area contributed by atoms with Gasteiger partial charge in [-0.25, -0.2) is 0 Å². The highest BCUT2D eigenvalue weighted by molar-refractivity contribution is 5.78. The maximum Gasteiger partial charge on any atom is 0.260 e. The van der Waals surface area contributed by atoms with Gasteiger partial charge < -0.3 is 14.5 Å². The van der Waals surface area contributed by atoms with Crippen LogP contribution < -0.4 is 9.64 Å². The molecule has 0 spiro atoms. The number of aryl methyl sites for hydroxylation is 1. The normalized spacial score (nSPS) is 17.3. The minimum atomic E-state index is 0.0306. The summed E-state index contributed by atoms with van der Waals surface area (Å²) in [4.78, 5) is 16.5. The second-order valence-corrected chi connectivity index (χ2v) is 7.01. The number of aromatic nitrogens is 2. The van der Waals surface area contributed by atoms with E-state index in [9.17, 15) is 4.79 Å². The van der Waals surface area contributed by atoms with Crippen LogP contribution in [0.5, 0.6) is 5.75 Å². The quantitative estimate of drug-likeness (QED) is 0.827. The summed E-state index contributed by atoms with van der Waals surface area (Å²) in [7, 11) is 0. The Hall–Kier alpha value is -2.63. The minimum absolute atomic E-state index is 0.0306. The standard InChI is InChI=1S/C20H24N4O2/c1-15-4-2-3-5-18(15)26-14-20(25)24-12-10-23(11-13-24)19-9-8-17(21-22-19)16-6-7-16/h2-5,8-9,16H,6-7,10-14H2,1H3. The van der Waals surface area contributed by atoms with E-state index in [1.54, 1.807) is 0 Å². The third-order valence-electron chi connectivity index (χ3n) is 5.07. The van der Waals surface area contributed by atoms with Gasteiger partial charge in [-0.2, -0.15) is 5.10 Å². The average Bonchev–Trinajstić information content (AvgIpc) is 3.53. The number of rotatable bonds is 5. The van der Waals surface area contributed by atoms with Crippen molar-refractivity contribution < 1.29 is 9.53 Å². The van der Waals surface area contributed by atoms with Crippen LogP contribution in [0.4, 0.5) is 5.82 Å². The van der Waals surface area contributed by atoms with Crippen LogP contribution in [-0.4, -0.2) is 53.8 Å². The molecule has 1 saturated heterocycles. The lowest BCUT2D eigenvalue weighted by atomic mass is 10.2. The molecule has 6 heteroatoms. The fraction of sp³-hybridized carbons (Fsp3) is 0.450. The zero-order chi connectivity index (χ0) is 17.9. The van der Waals surface area contributed by atoms with Gasteiger partial charge in [-0.1, -0.05) is 18.2 Å². The second kappa shape index (κ2) is 7.32. The molecule has 4 rings (SSSR count). The third kappa shape index (κ3) is 3.79. The Morgan fingerprint density at radius 3 is 2.50 bits per heavy atom. The minimum Gasteiger partial charge on any atom is -0.484 e. The number of para-hydroxylation sites is 1. The van der Waals surface area contributed by atoms with Crippen LogP contribution in [0.2, 0.25) is 0 Å². The number of carbonyl (C=O) groups is 1. The Bertz CT molecular complexity index is 766. The first-order valence-corrected chi connectivity index (χ1v) is 9.25. The van der Waals surface area contributed by atoms with Crippen molar-refractivity contribution in [1.29, 1.82) is 0 Å². The number of hydrogen-bond acceptors (Lipinski definition) is 5. The Labute approximate surface area is 153 Å². The fourth-order valence-electron chi connectivity index (χ4n) is 3.24. The molecule has 2 aliphatic rings. The fourth-order valence-corrected chi connectivity index (χ4v) is 3.24. The molecule has 2 fully saturated rings. The predicted octanol–water partition coefficient (Wildman–Crippen LogP) is 2.39. The Balaban J connectivity index is 1.27. The Morgan fingerprint density at radius 2 is 1.85 bits per heavy atom. The lowest BCUT2D eigenvalue weighted by Gasteiger charge is -2.35. The van der Waals surface area contributed by atoms with E-state index in [4.69, 9.17) is 4.74 Å². The number of nitrogens with zero attached hydrogens (tertiary/aromatic N) is 4. The van der Waals surface area contributed by atoms with Crippen LogP contribution in [0.25, 0.3) is 0 Å². The van der Waals surface area contributed by atoms with Crippen LogP contribution in [0.15, 0.2) is 36.4 Å². The molecule has 1 aliphatic carbocycles. The van der Waals surface area contributed by atoms with E-state index >= 15 is 0 Å². The molecule has 0 atom stereocenters. The van der Waals surface area contributed by atoms with Crippen molar-refractivity contribution in [3.63, 3.8) is 0 Å². The molecule has 26 heavy (non-hydrogen) atoms. The molecule has 1 aromatic heterocycles. The highest BCUT2D eigenvalue weighted by Crippen LogP contribution is 2.38. The monoisotopic (exact) mass is 352 g/mol. The van der Waals surface area contributed by atoms with Crippen molar-refractivity contribution in [2.45, 2.75) is 25.7 Å². The number of anilines is 1. The summed E-state index contributed by atoms with van der Waals surface area (Å²) < 4.78 is 5.68. The van der Waals surface area contributed by atoms with Crippen LogP contribution in [0.1, 0.15) is 30.0 Å². The van der Waals surface area contributed by atoms with E-state index in [-0.39, 0.29) is 12.5 Å². The average molecular weight is 352 g/mol. The van der Waals surface area contributed by atoms with Crippen molar-refractivity contribution in [3.05, 3.63) is 47.7 Å². The van der Waals surface area contributed by atoms with Gasteiger partial charge in [0.05, 0.1) is 5.69 Å². The topological polar surface area (TPSA) is 58.6 Å². The molecule has 1 amide bonds. The van der Waals surface area contributed by atoms with Crippen molar-refractivity contribution in [2.24, 2.45) is 0 Å². The Kier molecular flexibility index (Phi) is 4.73. The lowest BCUT2D eigenvalue weighted by Crippen LogP contribution is -2.50. The number of ether oxygens (including phenoxy) is 1. The van der Waals surface area contributed by atoms with E-state index in [0.717, 1.165) is 35.9 Å². The summed E-state index contributed by atoms with van der Waals surface area (Å²) >= 11 is 0. The van der Waals surface area contributed by atoms with Gasteiger partial charge in [-0.05, 0) is 43.5 Å². The lowest BCUT2D eigenvalue weighted by molar-refractivity contribution is -0.133. The summed E-state index contributed by atoms with van der Waals surface area (Å²) in [5, 5.41) is 8.72. The van der Waals surface area contributed by atoms with E-state index in [2.05, 4.69) is 27.2 Å². The number of carbonyl (C=O) groups excluding carboxylic acids is 1. The van der Waals surface area contributed by atoms with Crippen molar-refractivity contribution in [3.8, 4) is 5.75 Å². The first kappa shape index (κ1) is 16.8. The van der Waals surface area contributed by atoms with E-state index in [1.807, 2.05) is 36.1 Å². The number of benzene rings is 1. The third-order valence-corrected chi connectivity index (χ3v) is 5.07. The predicted molar refractivity (Wildman–Crippen MR) is 99.5 cm³/mol. The molecule has 0 unspecified atom stereocenters. The summed E-state index contributed by atoms with van der Waals surface area (Å²) in [6, 6.07) is 11.9. The number of amides is 1. The smallest absolute Gasteiger partial charge is 0.260 e. The largest absolute Gasteiger partial charge is 0.484 e. The summed E-state index contributed by atoms with van der Waals surface area (Å²) in [5.74, 6) is 2.32. The number of piperazine rings is 1. The molecule has 1 aliphatic heterocycles. The van der Waals surface area contributed by atoms with Gasteiger partial charge in [0.25, 0.3) is 5.91 Å². The van der Waals surface area contributed by atoms with Crippen LogP contribution in [-0.2, 0) is 4.79 Å². The van der Waals surface area contributed by atoms with E-state index in [1.165, 1.54) is 12.8 Å². The molecule has 0 N–H and O–H groups in total. The molecule has 1 aromatic carbocycles. The second-order valence-electron chi connectivity index (χ2n) is 7.01. The van der Waals surface area contributed by atoms with Gasteiger partial charge >= 0.3 is 0 Å². The highest BCUT2D eigenvalue weighted by atomic mass is 16.5. The molecule has 6 nitrogen and oxygen atoms in total.